The van der Waals surface area contributed by atoms with Crippen LogP contribution < -0.4 is 4.90 Å². The van der Waals surface area contributed by atoms with Crippen LogP contribution in [-0.2, 0) is 27.6 Å². The number of nitrogens with zero attached hydrogens (tertiary/aromatic N) is 4. The lowest BCUT2D eigenvalue weighted by atomic mass is 9.72. The Kier molecular flexibility index (Phi) is 5.21. The van der Waals surface area contributed by atoms with Gasteiger partial charge in [0.2, 0.25) is 0 Å². The fraction of sp³-hybridized carbons (Fsp3) is 0.522. The molecule has 0 amide bonds. The molecular formula is C23H28N4O4S. The molecule has 0 aliphatic carbocycles. The van der Waals surface area contributed by atoms with Gasteiger partial charge in [-0.15, -0.1) is 10.2 Å². The molecule has 0 atom stereocenters. The van der Waals surface area contributed by atoms with Crippen LogP contribution >= 0.6 is 0 Å². The van der Waals surface area contributed by atoms with Gasteiger partial charge in [0, 0.05) is 36.9 Å². The highest BCUT2D eigenvalue weighted by atomic mass is 32.2. The first-order valence-corrected chi connectivity index (χ1v) is 12.9. The van der Waals surface area contributed by atoms with E-state index in [0.717, 1.165) is 75.2 Å². The fourth-order valence-corrected chi connectivity index (χ4v) is 5.62. The van der Waals surface area contributed by atoms with Gasteiger partial charge in [0.05, 0.1) is 5.56 Å². The highest BCUT2D eigenvalue weighted by molar-refractivity contribution is 7.90. The van der Waals surface area contributed by atoms with Crippen LogP contribution in [0.2, 0.25) is 0 Å². The zero-order valence-corrected chi connectivity index (χ0v) is 19.3. The Bertz CT molecular complexity index is 1150. The predicted molar refractivity (Wildman–Crippen MR) is 119 cm³/mol. The number of cyclic esters (lactones) is 1. The van der Waals surface area contributed by atoms with E-state index in [1.807, 2.05) is 6.07 Å². The molecule has 4 heterocycles. The molecule has 0 N–H and O–H groups in total. The molecule has 2 fully saturated rings. The van der Waals surface area contributed by atoms with Crippen molar-refractivity contribution in [2.45, 2.75) is 37.8 Å². The Hall–Kier alpha value is -2.52. The standard InChI is InChI=1S/C23H28N4O4S/c1-16-17(3-4-18-19(16)13-31-22(18)28)7-10-26-11-8-23(9-12-26)14-27(15-23)20-5-6-21(25-24-20)32(2,29)30/h3-6H,7-15H2,1-2H3. The summed E-state index contributed by atoms with van der Waals surface area (Å²) in [6.07, 6.45) is 4.44. The van der Waals surface area contributed by atoms with Gasteiger partial charge in [-0.25, -0.2) is 13.2 Å². The van der Waals surface area contributed by atoms with Gasteiger partial charge in [-0.3, -0.25) is 0 Å². The van der Waals surface area contributed by atoms with Crippen LogP contribution in [0.25, 0.3) is 0 Å². The number of sulfone groups is 1. The molecule has 0 bridgehead atoms. The van der Waals surface area contributed by atoms with E-state index in [4.69, 9.17) is 4.74 Å². The number of hydrogen-bond acceptors (Lipinski definition) is 8. The Morgan fingerprint density at radius 2 is 1.84 bits per heavy atom. The molecule has 9 heteroatoms. The van der Waals surface area contributed by atoms with Crippen LogP contribution in [0.1, 0.15) is 39.9 Å². The summed E-state index contributed by atoms with van der Waals surface area (Å²) in [4.78, 5) is 16.4. The maximum Gasteiger partial charge on any atom is 0.338 e. The number of piperidine rings is 1. The number of hydrogen-bond donors (Lipinski definition) is 0. The van der Waals surface area contributed by atoms with Crippen LogP contribution in [-0.4, -0.2) is 68.5 Å². The molecule has 1 aromatic heterocycles. The van der Waals surface area contributed by atoms with Crippen LogP contribution in [0.3, 0.4) is 0 Å². The van der Waals surface area contributed by atoms with Crippen LogP contribution in [0, 0.1) is 12.3 Å². The number of carbonyl (C=O) groups is 1. The van der Waals surface area contributed by atoms with E-state index < -0.39 is 9.84 Å². The summed E-state index contributed by atoms with van der Waals surface area (Å²) in [6.45, 7) is 7.58. The lowest BCUT2D eigenvalue weighted by molar-refractivity contribution is 0.0535. The number of anilines is 1. The number of carbonyl (C=O) groups excluding carboxylic acids is 1. The summed E-state index contributed by atoms with van der Waals surface area (Å²) in [5.74, 6) is 0.544. The lowest BCUT2D eigenvalue weighted by Crippen LogP contribution is -2.60. The lowest BCUT2D eigenvalue weighted by Gasteiger charge is -2.54. The van der Waals surface area contributed by atoms with E-state index in [-0.39, 0.29) is 11.0 Å². The summed E-state index contributed by atoms with van der Waals surface area (Å²) in [6, 6.07) is 7.27. The van der Waals surface area contributed by atoms with Gasteiger partial charge in [0.1, 0.15) is 6.61 Å². The van der Waals surface area contributed by atoms with Gasteiger partial charge >= 0.3 is 5.97 Å². The molecule has 170 valence electrons. The predicted octanol–water partition coefficient (Wildman–Crippen LogP) is 2.00. The van der Waals surface area contributed by atoms with Crippen LogP contribution in [0.15, 0.2) is 29.3 Å². The highest BCUT2D eigenvalue weighted by Gasteiger charge is 2.45. The number of benzene rings is 1. The molecule has 3 aliphatic heterocycles. The minimum absolute atomic E-state index is 0.0162. The summed E-state index contributed by atoms with van der Waals surface area (Å²) in [5.41, 5.74) is 4.59. The Morgan fingerprint density at radius 3 is 2.50 bits per heavy atom. The van der Waals surface area contributed by atoms with Crippen molar-refractivity contribution in [1.29, 1.82) is 0 Å². The molecule has 3 aliphatic rings. The molecule has 0 unspecified atom stereocenters. The number of ether oxygens (including phenoxy) is 1. The zero-order chi connectivity index (χ0) is 22.5. The molecule has 5 rings (SSSR count). The first-order chi connectivity index (χ1) is 15.2. The first-order valence-electron chi connectivity index (χ1n) is 11.0. The average Bonchev–Trinajstić information content (AvgIpc) is 3.13. The number of likely N-dealkylation sites (tertiary alicyclic amines) is 1. The van der Waals surface area contributed by atoms with Crippen molar-refractivity contribution >= 4 is 21.6 Å². The second-order valence-corrected chi connectivity index (χ2v) is 11.4. The van der Waals surface area contributed by atoms with E-state index in [0.29, 0.717) is 12.0 Å². The molecule has 2 aromatic rings. The van der Waals surface area contributed by atoms with Crippen LogP contribution in [0.5, 0.6) is 0 Å². The fourth-order valence-electron chi connectivity index (χ4n) is 5.12. The Morgan fingerprint density at radius 1 is 1.09 bits per heavy atom. The molecule has 1 spiro atoms. The van der Waals surface area contributed by atoms with Crippen molar-refractivity contribution in [3.63, 3.8) is 0 Å². The van der Waals surface area contributed by atoms with Crippen molar-refractivity contribution in [2.24, 2.45) is 5.41 Å². The van der Waals surface area contributed by atoms with Gasteiger partial charge in [-0.2, -0.15) is 0 Å². The minimum Gasteiger partial charge on any atom is -0.457 e. The van der Waals surface area contributed by atoms with E-state index in [1.54, 1.807) is 6.07 Å². The van der Waals surface area contributed by atoms with Crippen molar-refractivity contribution in [3.05, 3.63) is 46.5 Å². The molecule has 0 saturated carbocycles. The van der Waals surface area contributed by atoms with Gasteiger partial charge < -0.3 is 14.5 Å². The topological polar surface area (TPSA) is 92.7 Å². The van der Waals surface area contributed by atoms with Crippen molar-refractivity contribution in [3.8, 4) is 0 Å². The third kappa shape index (κ3) is 3.88. The molecular weight excluding hydrogens is 428 g/mol. The third-order valence-electron chi connectivity index (χ3n) is 7.27. The quantitative estimate of drug-likeness (QED) is 0.631. The Labute approximate surface area is 188 Å². The summed E-state index contributed by atoms with van der Waals surface area (Å²) in [5, 5.41) is 8.00. The largest absolute Gasteiger partial charge is 0.457 e. The van der Waals surface area contributed by atoms with E-state index in [9.17, 15) is 13.2 Å². The third-order valence-corrected chi connectivity index (χ3v) is 8.25. The van der Waals surface area contributed by atoms with Crippen molar-refractivity contribution < 1.29 is 17.9 Å². The number of rotatable bonds is 5. The van der Waals surface area contributed by atoms with Gasteiger partial charge in [-0.1, -0.05) is 6.07 Å². The van der Waals surface area contributed by atoms with E-state index >= 15 is 0 Å². The minimum atomic E-state index is -3.32. The Balaban J connectivity index is 1.12. The molecule has 0 radical (unpaired) electrons. The average molecular weight is 457 g/mol. The van der Waals surface area contributed by atoms with E-state index in [2.05, 4.69) is 33.0 Å². The summed E-state index contributed by atoms with van der Waals surface area (Å²) in [7, 11) is -3.32. The summed E-state index contributed by atoms with van der Waals surface area (Å²) < 4.78 is 28.3. The maximum atomic E-state index is 11.7. The zero-order valence-electron chi connectivity index (χ0n) is 18.5. The number of aromatic nitrogens is 2. The maximum absolute atomic E-state index is 11.7. The highest BCUT2D eigenvalue weighted by Crippen LogP contribution is 2.42. The molecule has 2 saturated heterocycles. The number of fused-ring (bicyclic) bond motifs is 1. The van der Waals surface area contributed by atoms with Crippen LogP contribution in [0.4, 0.5) is 5.82 Å². The monoisotopic (exact) mass is 456 g/mol. The molecule has 1 aromatic carbocycles. The normalized spacial score (nSPS) is 20.2. The molecule has 8 nitrogen and oxygen atoms in total. The van der Waals surface area contributed by atoms with Crippen molar-refractivity contribution in [2.75, 3.05) is 43.9 Å². The first kappa shape index (κ1) is 21.3. The van der Waals surface area contributed by atoms with E-state index in [1.165, 1.54) is 17.2 Å². The summed E-state index contributed by atoms with van der Waals surface area (Å²) >= 11 is 0. The molecule has 32 heavy (non-hydrogen) atoms. The van der Waals surface area contributed by atoms with Crippen molar-refractivity contribution in [1.82, 2.24) is 15.1 Å². The SMILES string of the molecule is Cc1c(CCN2CCC3(CC2)CN(c2ccc(S(C)(=O)=O)nn2)C3)ccc2c1COC2=O. The number of esters is 1. The second-order valence-electron chi connectivity index (χ2n) is 9.40. The van der Waals surface area contributed by atoms with Gasteiger partial charge in [0.25, 0.3) is 0 Å². The smallest absolute Gasteiger partial charge is 0.338 e. The van der Waals surface area contributed by atoms with Gasteiger partial charge in [-0.05, 0) is 68.6 Å². The second kappa shape index (κ2) is 7.81. The van der Waals surface area contributed by atoms with Gasteiger partial charge in [0.15, 0.2) is 20.7 Å².